The molecule has 39 heteroatoms. The minimum absolute atomic E-state index is 0.0927. The number of rotatable bonds is 18. The Bertz CT molecular complexity index is 6960. The number of nitrogens with zero attached hydrogens (tertiary/aromatic N) is 11. The normalized spacial score (nSPS) is 14.0. The van der Waals surface area contributed by atoms with Gasteiger partial charge in [-0.3, -0.25) is 64.4 Å². The molecule has 0 aliphatic carbocycles. The Kier molecular flexibility index (Phi) is 29.6. The molecule has 0 saturated carbocycles. The maximum Gasteiger partial charge on any atom is 0.416 e. The Hall–Kier alpha value is -15.5. The Morgan fingerprint density at radius 2 is 0.630 bits per heavy atom. The lowest BCUT2D eigenvalue weighted by molar-refractivity contribution is -0.138. The zero-order chi connectivity index (χ0) is 97.6. The number of aromatic amines is 4. The molecule has 3 aliphatic rings. The number of alkyl halides is 14. The molecule has 0 bridgehead atoms. The highest BCUT2D eigenvalue weighted by Crippen LogP contribution is 2.39. The third-order valence-electron chi connectivity index (χ3n) is 22.9. The highest BCUT2D eigenvalue weighted by atomic mass is 19.4. The van der Waals surface area contributed by atoms with Gasteiger partial charge < -0.3 is 41.5 Å². The summed E-state index contributed by atoms with van der Waals surface area (Å²) < 4.78 is 185. The Morgan fingerprint density at radius 3 is 0.920 bits per heavy atom. The molecule has 138 heavy (non-hydrogen) atoms. The monoisotopic (exact) mass is 1900 g/mol. The van der Waals surface area contributed by atoms with Gasteiger partial charge >= 0.3 is 24.7 Å². The molecule has 3 fully saturated rings. The van der Waals surface area contributed by atoms with Crippen LogP contribution < -0.4 is 36.8 Å². The van der Waals surface area contributed by atoms with Crippen LogP contribution in [0.5, 0.6) is 0 Å². The average Bonchev–Trinajstić information content (AvgIpc) is 1.66. The van der Waals surface area contributed by atoms with Crippen LogP contribution in [0.25, 0.3) is 88.1 Å². The summed E-state index contributed by atoms with van der Waals surface area (Å²) in [7, 11) is 0. The van der Waals surface area contributed by atoms with E-state index in [2.05, 4.69) is 104 Å². The first kappa shape index (κ1) is 97.0. The number of ether oxygens (including phenoxy) is 1. The number of pyridine rings is 4. The van der Waals surface area contributed by atoms with Crippen molar-refractivity contribution in [2.75, 3.05) is 89.3 Å². The van der Waals surface area contributed by atoms with Gasteiger partial charge in [0, 0.05) is 176 Å². The zero-order valence-electron chi connectivity index (χ0n) is 73.7. The number of hydrogen-bond donors (Lipinski definition) is 9. The van der Waals surface area contributed by atoms with Crippen LogP contribution >= 0.6 is 0 Å². The lowest BCUT2D eigenvalue weighted by Crippen LogP contribution is -2.38. The fourth-order valence-corrected chi connectivity index (χ4v) is 15.7. The highest BCUT2D eigenvalue weighted by Gasteiger charge is 2.36. The minimum Gasteiger partial charge on any atom is -0.397 e. The SMILES string of the molecule is CCOCC.Nc1cncc(-c2ccc3[nH]nc(C(=O)Nc4ccc(C(F)(F)F)cc4)c3c2)c1.O=C(Nc1ccc(C(F)(F)F)cc1)c1n[nH]c2ccc(-c3cncc(CN4CCC(F)(F)CC4)c3)cc12.O=C(Nc1ccc(C(F)(F)F)cc1)c1n[nH]c2ccc(-c3cncc(N4CCCC4)c3)cc12.O=C(Nc1ccc(C(F)(F)F)cc1)c1n[nH]c2ccc(-c3cncc(N4CCCCC4)c3)cc12. The molecule has 19 rings (SSSR count). The molecule has 0 atom stereocenters. The lowest BCUT2D eigenvalue weighted by Gasteiger charge is -2.31. The number of carbonyl (C=O) groups is 4. The highest BCUT2D eigenvalue weighted by molar-refractivity contribution is 6.15. The first-order valence-corrected chi connectivity index (χ1v) is 43.7. The number of fused-ring (bicyclic) bond motifs is 4. The lowest BCUT2D eigenvalue weighted by atomic mass is 10.0. The second-order valence-electron chi connectivity index (χ2n) is 32.6. The van der Waals surface area contributed by atoms with Crippen molar-refractivity contribution in [1.29, 1.82) is 0 Å². The summed E-state index contributed by atoms with van der Waals surface area (Å²) in [6, 6.07) is 46.9. The van der Waals surface area contributed by atoms with Crippen LogP contribution in [0.3, 0.4) is 0 Å². The van der Waals surface area contributed by atoms with E-state index in [1.165, 1.54) is 86.8 Å². The van der Waals surface area contributed by atoms with E-state index in [0.29, 0.717) is 68.9 Å². The quantitative estimate of drug-likeness (QED) is 0.0360. The molecule has 0 radical (unpaired) electrons. The van der Waals surface area contributed by atoms with Gasteiger partial charge in [-0.2, -0.15) is 73.1 Å². The number of nitrogen functional groups attached to an aromatic ring is 1. The molecule has 3 saturated heterocycles. The number of carbonyl (C=O) groups excluding carboxylic acids is 4. The van der Waals surface area contributed by atoms with Gasteiger partial charge in [0.1, 0.15) is 0 Å². The van der Waals surface area contributed by atoms with Gasteiger partial charge in [0.25, 0.3) is 29.6 Å². The van der Waals surface area contributed by atoms with Gasteiger partial charge in [0.05, 0.1) is 73.8 Å². The van der Waals surface area contributed by atoms with Crippen LogP contribution in [-0.2, 0) is 36.0 Å². The minimum atomic E-state index is -4.47. The smallest absolute Gasteiger partial charge is 0.397 e. The Balaban J connectivity index is 0.000000137. The Labute approximate surface area is 778 Å². The fraction of sp³-hybridized carbons (Fsp3) is 0.232. The molecule has 16 aromatic rings. The van der Waals surface area contributed by atoms with Crippen LogP contribution in [0, 0.1) is 0 Å². The van der Waals surface area contributed by atoms with E-state index in [1.807, 2.05) is 85.7 Å². The molecular formula is C99H88F14N20O5. The number of benzene rings is 8. The average molecular weight is 1900 g/mol. The summed E-state index contributed by atoms with van der Waals surface area (Å²) in [5.41, 5.74) is 17.0. The van der Waals surface area contributed by atoms with Crippen LogP contribution in [0.15, 0.2) is 244 Å². The fourth-order valence-electron chi connectivity index (χ4n) is 15.7. The van der Waals surface area contributed by atoms with Gasteiger partial charge in [-0.25, -0.2) is 8.78 Å². The molecule has 0 spiro atoms. The summed E-state index contributed by atoms with van der Waals surface area (Å²) in [5, 5.41) is 40.3. The van der Waals surface area contributed by atoms with E-state index in [1.54, 1.807) is 61.3 Å². The number of nitrogens with one attached hydrogen (secondary N) is 8. The first-order chi connectivity index (χ1) is 66.1. The van der Waals surface area contributed by atoms with Gasteiger partial charge in [-0.15, -0.1) is 0 Å². The standard InChI is InChI=1S/C26H22F5N5O.C25H22F3N5O.C24H20F3N5O.C20H14F3N5O.C4H10O/c27-25(28)7-9-36(10-8-25)15-16-11-18(14-32-13-16)17-1-6-22-21(12-17)23(35-34-22)24(37)33-20-4-2-19(3-5-20)26(29,30)31;26-25(27,28)18-5-7-19(8-6-18)30-24(34)23-21-13-16(4-9-22(21)31-32-23)17-12-20(15-29-14-17)33-10-2-1-3-11-33;25-24(26,27)17-4-6-18(7-5-17)29-23(33)22-20-12-15(3-8-21(20)30-31-22)16-11-19(14-28-13-16)32-9-1-2-10-32;21-20(22,23)13-2-4-15(5-3-13)26-19(29)18-16-8-11(1-6-17(16)27-28-18)12-7-14(24)10-25-9-12;1-3-5-4-2/h1-6,11-14H,7-10,15H2,(H,33,37)(H,34,35);4-9,12-15H,1-3,10-11H2,(H,30,34)(H,31,32);3-8,11-14H,1-2,9-10H2,(H,29,33)(H,30,31);1-10H,24H2,(H,26,29)(H,27,28);3-4H2,1-2H3. The number of amides is 4. The predicted octanol–water partition coefficient (Wildman–Crippen LogP) is 23.0. The third-order valence-corrected chi connectivity index (χ3v) is 22.9. The molecule has 10 N–H and O–H groups in total. The van der Waals surface area contributed by atoms with Gasteiger partial charge in [0.2, 0.25) is 0 Å². The second kappa shape index (κ2) is 42.2. The number of piperidine rings is 2. The van der Waals surface area contributed by atoms with E-state index in [0.717, 1.165) is 149 Å². The summed E-state index contributed by atoms with van der Waals surface area (Å²) in [6.45, 7) is 10.9. The topological polar surface area (TPSA) is 328 Å². The van der Waals surface area contributed by atoms with Crippen molar-refractivity contribution < 1.29 is 85.4 Å². The summed E-state index contributed by atoms with van der Waals surface area (Å²) in [6.07, 6.45) is 1.70. The van der Waals surface area contributed by atoms with Gasteiger partial charge in [-0.05, 0) is 244 Å². The maximum atomic E-state index is 13.5. The molecule has 8 aromatic heterocycles. The van der Waals surface area contributed by atoms with Crippen molar-refractivity contribution in [3.63, 3.8) is 0 Å². The van der Waals surface area contributed by atoms with Gasteiger partial charge in [0.15, 0.2) is 22.8 Å². The summed E-state index contributed by atoms with van der Waals surface area (Å²) in [5.74, 6) is -4.74. The van der Waals surface area contributed by atoms with Crippen molar-refractivity contribution in [2.45, 2.75) is 96.0 Å². The molecule has 4 amide bonds. The van der Waals surface area contributed by atoms with E-state index in [4.69, 9.17) is 10.5 Å². The number of likely N-dealkylation sites (tertiary alicyclic amines) is 1. The van der Waals surface area contributed by atoms with E-state index in [9.17, 15) is 80.6 Å². The van der Waals surface area contributed by atoms with Crippen LogP contribution in [0.1, 0.15) is 129 Å². The zero-order valence-corrected chi connectivity index (χ0v) is 73.7. The molecule has 11 heterocycles. The third kappa shape index (κ3) is 24.4. The number of aromatic nitrogens is 12. The largest absolute Gasteiger partial charge is 0.416 e. The summed E-state index contributed by atoms with van der Waals surface area (Å²) in [4.78, 5) is 74.9. The number of nitrogens with two attached hydrogens (primary N) is 1. The maximum absolute atomic E-state index is 13.5. The van der Waals surface area contributed by atoms with Crippen molar-refractivity contribution in [3.05, 3.63) is 294 Å². The molecule has 25 nitrogen and oxygen atoms in total. The number of anilines is 7. The molecule has 0 unspecified atom stereocenters. The number of hydrogen-bond acceptors (Lipinski definition) is 17. The van der Waals surface area contributed by atoms with E-state index in [-0.39, 0.29) is 58.4 Å². The van der Waals surface area contributed by atoms with Crippen molar-refractivity contribution in [2.24, 2.45) is 0 Å². The number of H-pyrrole nitrogens is 4. The van der Waals surface area contributed by atoms with Crippen molar-refractivity contribution in [1.82, 2.24) is 65.6 Å². The van der Waals surface area contributed by atoms with Crippen LogP contribution in [-0.4, -0.2) is 148 Å². The predicted molar refractivity (Wildman–Crippen MR) is 498 cm³/mol. The van der Waals surface area contributed by atoms with Gasteiger partial charge in [-0.1, -0.05) is 24.3 Å². The van der Waals surface area contributed by atoms with E-state index < -0.39 is 76.5 Å². The molecule has 8 aromatic carbocycles. The van der Waals surface area contributed by atoms with E-state index >= 15 is 0 Å². The van der Waals surface area contributed by atoms with Crippen LogP contribution in [0.2, 0.25) is 0 Å². The second-order valence-corrected chi connectivity index (χ2v) is 32.6. The first-order valence-electron chi connectivity index (χ1n) is 43.7. The molecule has 712 valence electrons. The van der Waals surface area contributed by atoms with Crippen LogP contribution in [0.4, 0.5) is 101 Å². The number of halogens is 14. The van der Waals surface area contributed by atoms with Crippen molar-refractivity contribution >= 4 is 107 Å². The molecule has 3 aliphatic heterocycles. The summed E-state index contributed by atoms with van der Waals surface area (Å²) >= 11 is 0. The Morgan fingerprint density at radius 1 is 0.348 bits per heavy atom. The van der Waals surface area contributed by atoms with Crippen molar-refractivity contribution in [3.8, 4) is 44.5 Å². The molecular weight excluding hydrogens is 1820 g/mol.